The maximum Gasteiger partial charge on any atom is 0.472 e. The summed E-state index contributed by atoms with van der Waals surface area (Å²) in [6.45, 7) is 0.433. The van der Waals surface area contributed by atoms with Crippen molar-refractivity contribution < 1.29 is 38.3 Å². The number of phosphoric acid groups is 1. The molecule has 0 aliphatic heterocycles. The Bertz CT molecular complexity index is 286. The lowest BCUT2D eigenvalue weighted by molar-refractivity contribution is 0.0364. The van der Waals surface area contributed by atoms with Crippen molar-refractivity contribution in [2.24, 2.45) is 0 Å². The normalized spacial score (nSPS) is 15.8. The van der Waals surface area contributed by atoms with Crippen molar-refractivity contribution in [3.8, 4) is 0 Å². The van der Waals surface area contributed by atoms with E-state index in [1.807, 2.05) is 0 Å². The Kier molecular flexibility index (Phi) is 8.90. The average molecular weight is 287 g/mol. The number of nitrogens with one attached hydrogen (secondary N) is 1. The molecule has 0 saturated carbocycles. The lowest BCUT2D eigenvalue weighted by atomic mass is 10.4. The van der Waals surface area contributed by atoms with E-state index in [9.17, 15) is 9.36 Å². The number of amides is 1. The second kappa shape index (κ2) is 9.26. The van der Waals surface area contributed by atoms with Crippen molar-refractivity contribution in [3.05, 3.63) is 0 Å². The van der Waals surface area contributed by atoms with Gasteiger partial charge >= 0.3 is 13.9 Å². The van der Waals surface area contributed by atoms with Crippen molar-refractivity contribution in [2.75, 3.05) is 33.0 Å². The van der Waals surface area contributed by atoms with E-state index in [4.69, 9.17) is 15.1 Å². The van der Waals surface area contributed by atoms with E-state index < -0.39 is 33.2 Å². The molecule has 10 heteroatoms. The number of ether oxygens (including phenoxy) is 1. The van der Waals surface area contributed by atoms with Gasteiger partial charge in [-0.3, -0.25) is 9.05 Å². The minimum atomic E-state index is -4.30. The monoisotopic (exact) mass is 287 g/mol. The predicted octanol–water partition coefficient (Wildman–Crippen LogP) is -0.781. The van der Waals surface area contributed by atoms with E-state index in [0.717, 1.165) is 0 Å². The number of carbonyl (C=O) groups is 1. The first-order valence-corrected chi connectivity index (χ1v) is 6.72. The fourth-order valence-electron chi connectivity index (χ4n) is 0.766. The summed E-state index contributed by atoms with van der Waals surface area (Å²) in [6, 6.07) is 0. The highest BCUT2D eigenvalue weighted by Gasteiger charge is 2.22. The number of phosphoric ester groups is 1. The molecule has 0 radical (unpaired) electrons. The molecule has 0 aromatic heterocycles. The topological polar surface area (TPSA) is 135 Å². The first kappa shape index (κ1) is 17.3. The Balaban J connectivity index is 3.70. The van der Waals surface area contributed by atoms with Gasteiger partial charge in [0.15, 0.2) is 0 Å². The highest BCUT2D eigenvalue weighted by atomic mass is 31.2. The molecule has 2 atom stereocenters. The molecule has 0 bridgehead atoms. The maximum absolute atomic E-state index is 11.2. The van der Waals surface area contributed by atoms with Crippen LogP contribution in [-0.2, 0) is 18.3 Å². The van der Waals surface area contributed by atoms with Crippen LogP contribution in [0.4, 0.5) is 4.79 Å². The van der Waals surface area contributed by atoms with E-state index in [-0.39, 0.29) is 19.8 Å². The molecule has 9 nitrogen and oxygen atoms in total. The highest BCUT2D eigenvalue weighted by Crippen LogP contribution is 2.42. The summed E-state index contributed by atoms with van der Waals surface area (Å²) >= 11 is 0. The molecule has 1 amide bonds. The zero-order valence-electron chi connectivity index (χ0n) is 9.94. The van der Waals surface area contributed by atoms with Gasteiger partial charge in [0.2, 0.25) is 0 Å². The molecule has 18 heavy (non-hydrogen) atoms. The number of aliphatic hydroxyl groups is 2. The van der Waals surface area contributed by atoms with Crippen molar-refractivity contribution in [1.82, 2.24) is 5.32 Å². The van der Waals surface area contributed by atoms with Gasteiger partial charge in [-0.05, 0) is 6.92 Å². The van der Waals surface area contributed by atoms with E-state index in [0.29, 0.717) is 0 Å². The standard InChI is InChI=1S/C8H18NO8P/c1-2-15-8(12)9-3-4-16-18(13,14)17-6-7(11)5-10/h7,10-11H,2-6H2,1H3,(H,9,12)(H,13,14)/t7-/m1/s1. The first-order chi connectivity index (χ1) is 8.41. The van der Waals surface area contributed by atoms with Gasteiger partial charge in [0.25, 0.3) is 0 Å². The zero-order valence-corrected chi connectivity index (χ0v) is 10.8. The van der Waals surface area contributed by atoms with Gasteiger partial charge in [-0.1, -0.05) is 0 Å². The molecule has 0 aliphatic carbocycles. The molecule has 0 heterocycles. The highest BCUT2D eigenvalue weighted by molar-refractivity contribution is 7.47. The first-order valence-electron chi connectivity index (χ1n) is 5.22. The second-order valence-corrected chi connectivity index (χ2v) is 4.53. The minimum Gasteiger partial charge on any atom is -0.450 e. The Morgan fingerprint density at radius 1 is 1.44 bits per heavy atom. The Hall–Kier alpha value is -0.700. The van der Waals surface area contributed by atoms with Crippen LogP contribution in [0.15, 0.2) is 0 Å². The maximum atomic E-state index is 11.2. The van der Waals surface area contributed by atoms with Gasteiger partial charge in [0.1, 0.15) is 6.10 Å². The van der Waals surface area contributed by atoms with E-state index in [2.05, 4.69) is 19.1 Å². The van der Waals surface area contributed by atoms with E-state index >= 15 is 0 Å². The molecular formula is C8H18NO8P. The third kappa shape index (κ3) is 9.34. The van der Waals surface area contributed by atoms with Crippen LogP contribution in [0.5, 0.6) is 0 Å². The van der Waals surface area contributed by atoms with Crippen LogP contribution in [0.1, 0.15) is 6.92 Å². The van der Waals surface area contributed by atoms with Crippen LogP contribution in [0.25, 0.3) is 0 Å². The van der Waals surface area contributed by atoms with Crippen LogP contribution in [0.2, 0.25) is 0 Å². The Labute approximate surface area is 104 Å². The molecule has 0 aromatic carbocycles. The quantitative estimate of drug-likeness (QED) is 0.320. The average Bonchev–Trinajstić information content (AvgIpc) is 2.32. The van der Waals surface area contributed by atoms with Crippen LogP contribution in [0, 0.1) is 0 Å². The van der Waals surface area contributed by atoms with Gasteiger partial charge in [-0.25, -0.2) is 9.36 Å². The van der Waals surface area contributed by atoms with Gasteiger partial charge < -0.3 is 25.2 Å². The van der Waals surface area contributed by atoms with Crippen LogP contribution < -0.4 is 5.32 Å². The zero-order chi connectivity index (χ0) is 14.0. The van der Waals surface area contributed by atoms with Crippen LogP contribution >= 0.6 is 7.82 Å². The number of carbonyl (C=O) groups excluding carboxylic acids is 1. The van der Waals surface area contributed by atoms with E-state index in [1.165, 1.54) is 0 Å². The van der Waals surface area contributed by atoms with Crippen molar-refractivity contribution in [3.63, 3.8) is 0 Å². The largest absolute Gasteiger partial charge is 0.472 e. The fourth-order valence-corrected chi connectivity index (χ4v) is 1.52. The summed E-state index contributed by atoms with van der Waals surface area (Å²) in [7, 11) is -4.30. The van der Waals surface area contributed by atoms with Crippen molar-refractivity contribution in [1.29, 1.82) is 0 Å². The molecule has 1 unspecified atom stereocenters. The molecule has 0 fully saturated rings. The molecule has 4 N–H and O–H groups in total. The summed E-state index contributed by atoms with van der Waals surface area (Å²) in [4.78, 5) is 19.9. The molecule has 108 valence electrons. The second-order valence-electron chi connectivity index (χ2n) is 3.08. The summed E-state index contributed by atoms with van der Waals surface area (Å²) in [5.74, 6) is 0. The van der Waals surface area contributed by atoms with Crippen molar-refractivity contribution >= 4 is 13.9 Å². The molecular weight excluding hydrogens is 269 g/mol. The van der Waals surface area contributed by atoms with Gasteiger partial charge in [-0.15, -0.1) is 0 Å². The SMILES string of the molecule is CCOC(=O)NCCOP(=O)(O)OC[C@H](O)CO. The summed E-state index contributed by atoms with van der Waals surface area (Å²) in [6.07, 6.45) is -1.92. The Morgan fingerprint density at radius 2 is 2.11 bits per heavy atom. The lowest BCUT2D eigenvalue weighted by Gasteiger charge is -2.14. The number of hydrogen-bond acceptors (Lipinski definition) is 7. The van der Waals surface area contributed by atoms with Gasteiger partial charge in [0, 0.05) is 6.54 Å². The fraction of sp³-hybridized carbons (Fsp3) is 0.875. The smallest absolute Gasteiger partial charge is 0.450 e. The predicted molar refractivity (Wildman–Crippen MR) is 59.8 cm³/mol. The number of hydrogen-bond donors (Lipinski definition) is 4. The molecule has 0 rings (SSSR count). The third-order valence-electron chi connectivity index (χ3n) is 1.54. The third-order valence-corrected chi connectivity index (χ3v) is 2.53. The van der Waals surface area contributed by atoms with Crippen LogP contribution in [0.3, 0.4) is 0 Å². The number of rotatable bonds is 9. The van der Waals surface area contributed by atoms with E-state index in [1.54, 1.807) is 6.92 Å². The van der Waals surface area contributed by atoms with Crippen molar-refractivity contribution in [2.45, 2.75) is 13.0 Å². The molecule has 0 saturated heterocycles. The summed E-state index contributed by atoms with van der Waals surface area (Å²) in [5, 5.41) is 19.6. The minimum absolute atomic E-state index is 0.0324. The van der Waals surface area contributed by atoms with Gasteiger partial charge in [0.05, 0.1) is 26.4 Å². The van der Waals surface area contributed by atoms with Crippen LogP contribution in [-0.4, -0.2) is 60.3 Å². The number of alkyl carbamates (subject to hydrolysis) is 1. The number of aliphatic hydroxyl groups excluding tert-OH is 2. The lowest BCUT2D eigenvalue weighted by Crippen LogP contribution is -2.27. The summed E-state index contributed by atoms with van der Waals surface area (Å²) < 4.78 is 24.6. The molecule has 0 aliphatic rings. The molecule has 0 spiro atoms. The molecule has 0 aromatic rings. The summed E-state index contributed by atoms with van der Waals surface area (Å²) in [5.41, 5.74) is 0. The Morgan fingerprint density at radius 3 is 2.67 bits per heavy atom. The van der Waals surface area contributed by atoms with Gasteiger partial charge in [-0.2, -0.15) is 0 Å².